The number of non-ortho nitro benzene ring substituents is 1. The number of anilines is 1. The molecule has 7 nitrogen and oxygen atoms in total. The first-order valence-electron chi connectivity index (χ1n) is 7.73. The maximum Gasteiger partial charge on any atom is 0.270 e. The molecule has 1 aliphatic rings. The van der Waals surface area contributed by atoms with Crippen molar-refractivity contribution in [3.8, 4) is 5.75 Å². The van der Waals surface area contributed by atoms with Gasteiger partial charge in [0.15, 0.2) is 0 Å². The first kappa shape index (κ1) is 17.0. The Morgan fingerprint density at radius 3 is 2.28 bits per heavy atom. The van der Waals surface area contributed by atoms with E-state index in [-0.39, 0.29) is 27.9 Å². The molecule has 3 rings (SSSR count). The van der Waals surface area contributed by atoms with E-state index in [4.69, 9.17) is 11.6 Å². The lowest BCUT2D eigenvalue weighted by Gasteiger charge is -2.36. The summed E-state index contributed by atoms with van der Waals surface area (Å²) in [5.41, 5.74) is 1.11. The number of amides is 1. The summed E-state index contributed by atoms with van der Waals surface area (Å²) in [4.78, 5) is 26.6. The Balaban J connectivity index is 1.67. The van der Waals surface area contributed by atoms with E-state index >= 15 is 0 Å². The number of nitrogens with zero attached hydrogens (tertiary/aromatic N) is 3. The predicted molar refractivity (Wildman–Crippen MR) is 94.3 cm³/mol. The molecular formula is C17H16ClN3O4. The van der Waals surface area contributed by atoms with Crippen molar-refractivity contribution < 1.29 is 14.8 Å². The fourth-order valence-corrected chi connectivity index (χ4v) is 3.05. The molecule has 0 unspecified atom stereocenters. The highest BCUT2D eigenvalue weighted by atomic mass is 35.5. The van der Waals surface area contributed by atoms with Crippen molar-refractivity contribution in [2.24, 2.45) is 0 Å². The third-order valence-electron chi connectivity index (χ3n) is 4.18. The highest BCUT2D eigenvalue weighted by Gasteiger charge is 2.24. The topological polar surface area (TPSA) is 86.9 Å². The van der Waals surface area contributed by atoms with Crippen LogP contribution in [0.3, 0.4) is 0 Å². The Kier molecular flexibility index (Phi) is 4.76. The number of nitro groups is 1. The molecule has 1 saturated heterocycles. The van der Waals surface area contributed by atoms with E-state index < -0.39 is 4.92 Å². The van der Waals surface area contributed by atoms with Gasteiger partial charge in [0, 0.05) is 44.0 Å². The fraction of sp³-hybridized carbons (Fsp3) is 0.235. The number of benzene rings is 2. The molecule has 1 N–H and O–H groups in total. The van der Waals surface area contributed by atoms with Crippen LogP contribution in [-0.4, -0.2) is 47.0 Å². The molecule has 1 heterocycles. The van der Waals surface area contributed by atoms with Crippen LogP contribution in [-0.2, 0) is 0 Å². The molecule has 8 heteroatoms. The second-order valence-electron chi connectivity index (χ2n) is 5.72. The normalized spacial score (nSPS) is 14.4. The van der Waals surface area contributed by atoms with Crippen LogP contribution in [0.4, 0.5) is 11.4 Å². The summed E-state index contributed by atoms with van der Waals surface area (Å²) in [7, 11) is 0. The number of piperazine rings is 1. The first-order valence-corrected chi connectivity index (χ1v) is 8.10. The lowest BCUT2D eigenvalue weighted by Crippen LogP contribution is -2.48. The monoisotopic (exact) mass is 361 g/mol. The molecular weight excluding hydrogens is 346 g/mol. The van der Waals surface area contributed by atoms with Gasteiger partial charge >= 0.3 is 0 Å². The molecule has 0 aromatic heterocycles. The minimum absolute atomic E-state index is 0.0835. The zero-order valence-electron chi connectivity index (χ0n) is 13.3. The van der Waals surface area contributed by atoms with Crippen molar-refractivity contribution >= 4 is 28.9 Å². The number of nitro benzene ring substituents is 1. The molecule has 0 atom stereocenters. The summed E-state index contributed by atoms with van der Waals surface area (Å²) in [6.45, 7) is 2.35. The van der Waals surface area contributed by atoms with Crippen LogP contribution in [0.1, 0.15) is 10.4 Å². The van der Waals surface area contributed by atoms with E-state index in [2.05, 4.69) is 4.90 Å². The van der Waals surface area contributed by atoms with Crippen LogP contribution in [0.15, 0.2) is 42.5 Å². The van der Waals surface area contributed by atoms with Gasteiger partial charge in [0.25, 0.3) is 11.6 Å². The minimum Gasteiger partial charge on any atom is -0.508 e. The van der Waals surface area contributed by atoms with Crippen LogP contribution in [0.5, 0.6) is 5.75 Å². The highest BCUT2D eigenvalue weighted by molar-refractivity contribution is 6.34. The van der Waals surface area contributed by atoms with E-state index in [1.54, 1.807) is 17.0 Å². The van der Waals surface area contributed by atoms with Crippen molar-refractivity contribution in [2.45, 2.75) is 0 Å². The molecule has 0 spiro atoms. The van der Waals surface area contributed by atoms with Gasteiger partial charge in [0.2, 0.25) is 0 Å². The summed E-state index contributed by atoms with van der Waals surface area (Å²) in [6.07, 6.45) is 0. The van der Waals surface area contributed by atoms with Crippen molar-refractivity contribution in [3.05, 3.63) is 63.2 Å². The van der Waals surface area contributed by atoms with Gasteiger partial charge in [0.05, 0.1) is 15.5 Å². The number of carbonyl (C=O) groups is 1. The average molecular weight is 362 g/mol. The Labute approximate surface area is 149 Å². The molecule has 0 saturated carbocycles. The maximum absolute atomic E-state index is 12.6. The molecule has 0 aliphatic carbocycles. The van der Waals surface area contributed by atoms with Crippen molar-refractivity contribution in [3.63, 3.8) is 0 Å². The van der Waals surface area contributed by atoms with E-state index in [0.29, 0.717) is 26.2 Å². The van der Waals surface area contributed by atoms with E-state index in [1.807, 2.05) is 12.1 Å². The number of carbonyl (C=O) groups excluding carboxylic acids is 1. The molecule has 2 aromatic rings. The van der Waals surface area contributed by atoms with Gasteiger partial charge in [-0.1, -0.05) is 11.6 Å². The summed E-state index contributed by atoms with van der Waals surface area (Å²) in [6, 6.07) is 10.8. The summed E-state index contributed by atoms with van der Waals surface area (Å²) < 4.78 is 0. The third kappa shape index (κ3) is 3.66. The van der Waals surface area contributed by atoms with Gasteiger partial charge in [-0.2, -0.15) is 0 Å². The molecule has 130 valence electrons. The second kappa shape index (κ2) is 6.98. The standard InChI is InChI=1S/C17H16ClN3O4/c18-16-11-13(21(24)25)3-6-15(16)17(23)20-9-7-19(8-10-20)12-1-4-14(22)5-2-12/h1-6,11,22H,7-10H2. The Morgan fingerprint density at radius 2 is 1.72 bits per heavy atom. The van der Waals surface area contributed by atoms with E-state index in [1.165, 1.54) is 18.2 Å². The lowest BCUT2D eigenvalue weighted by molar-refractivity contribution is -0.384. The maximum atomic E-state index is 12.6. The Bertz CT molecular complexity index is 802. The summed E-state index contributed by atoms with van der Waals surface area (Å²) in [5.74, 6) is -0.0179. The molecule has 25 heavy (non-hydrogen) atoms. The predicted octanol–water partition coefficient (Wildman–Crippen LogP) is 2.92. The quantitative estimate of drug-likeness (QED) is 0.671. The average Bonchev–Trinajstić information content (AvgIpc) is 2.62. The van der Waals surface area contributed by atoms with Gasteiger partial charge in [-0.15, -0.1) is 0 Å². The van der Waals surface area contributed by atoms with Crippen molar-refractivity contribution in [2.75, 3.05) is 31.1 Å². The molecule has 1 aliphatic heterocycles. The van der Waals surface area contributed by atoms with Crippen molar-refractivity contribution in [1.29, 1.82) is 0 Å². The van der Waals surface area contributed by atoms with Crippen LogP contribution in [0, 0.1) is 10.1 Å². The first-order chi connectivity index (χ1) is 12.0. The van der Waals surface area contributed by atoms with Gasteiger partial charge in [-0.05, 0) is 30.3 Å². The molecule has 1 amide bonds. The smallest absolute Gasteiger partial charge is 0.270 e. The summed E-state index contributed by atoms with van der Waals surface area (Å²) >= 11 is 6.04. The number of phenols is 1. The van der Waals surface area contributed by atoms with E-state index in [0.717, 1.165) is 5.69 Å². The largest absolute Gasteiger partial charge is 0.508 e. The highest BCUT2D eigenvalue weighted by Crippen LogP contribution is 2.25. The zero-order chi connectivity index (χ0) is 18.0. The number of hydrogen-bond donors (Lipinski definition) is 1. The van der Waals surface area contributed by atoms with Crippen molar-refractivity contribution in [1.82, 2.24) is 4.90 Å². The number of halogens is 1. The van der Waals surface area contributed by atoms with Gasteiger partial charge in [-0.3, -0.25) is 14.9 Å². The molecule has 0 radical (unpaired) electrons. The minimum atomic E-state index is -0.545. The number of phenolic OH excluding ortho intramolecular Hbond substituents is 1. The molecule has 2 aromatic carbocycles. The van der Waals surface area contributed by atoms with E-state index in [9.17, 15) is 20.0 Å². The fourth-order valence-electron chi connectivity index (χ4n) is 2.79. The lowest BCUT2D eigenvalue weighted by atomic mass is 10.1. The number of hydrogen-bond acceptors (Lipinski definition) is 5. The van der Waals surface area contributed by atoms with Crippen LogP contribution in [0.25, 0.3) is 0 Å². The Morgan fingerprint density at radius 1 is 1.08 bits per heavy atom. The molecule has 1 fully saturated rings. The van der Waals surface area contributed by atoms with Gasteiger partial charge < -0.3 is 14.9 Å². The van der Waals surface area contributed by atoms with Crippen LogP contribution >= 0.6 is 11.6 Å². The van der Waals surface area contributed by atoms with Crippen LogP contribution < -0.4 is 4.90 Å². The number of aromatic hydroxyl groups is 1. The zero-order valence-corrected chi connectivity index (χ0v) is 14.0. The summed E-state index contributed by atoms with van der Waals surface area (Å²) in [5, 5.41) is 20.2. The SMILES string of the molecule is O=C(c1ccc([N+](=O)[O-])cc1Cl)N1CCN(c2ccc(O)cc2)CC1. The van der Waals surface area contributed by atoms with Crippen LogP contribution in [0.2, 0.25) is 5.02 Å². The third-order valence-corrected chi connectivity index (χ3v) is 4.49. The second-order valence-corrected chi connectivity index (χ2v) is 6.12. The Hall–Kier alpha value is -2.80. The van der Waals surface area contributed by atoms with Gasteiger partial charge in [-0.25, -0.2) is 0 Å². The molecule has 0 bridgehead atoms. The number of rotatable bonds is 3. The van der Waals surface area contributed by atoms with Gasteiger partial charge in [0.1, 0.15) is 5.75 Å².